The predicted octanol–water partition coefficient (Wildman–Crippen LogP) is 0.444. The molecule has 0 spiro atoms. The minimum absolute atomic E-state index is 0.272. The van der Waals surface area contributed by atoms with Crippen LogP contribution in [0.3, 0.4) is 0 Å². The molecule has 0 radical (unpaired) electrons. The van der Waals surface area contributed by atoms with Crippen molar-refractivity contribution in [1.82, 2.24) is 18.7 Å². The molecule has 2 aromatic heterocycles. The van der Waals surface area contributed by atoms with Gasteiger partial charge in [0.1, 0.15) is 5.82 Å². The van der Waals surface area contributed by atoms with Crippen LogP contribution in [0.5, 0.6) is 0 Å². The molecule has 4 rings (SSSR count). The van der Waals surface area contributed by atoms with E-state index in [-0.39, 0.29) is 12.4 Å². The van der Waals surface area contributed by atoms with Gasteiger partial charge in [-0.3, -0.25) is 18.5 Å². The first kappa shape index (κ1) is 18.1. The standard InChI is InChI=1S/C18H19FN6O3/c1-22-15-14(16(26)23(2)18(22)27)24-10-13(11-4-6-12(19)7-5-11)21-25(8-9-28-3)17(24)20-15/h4-7H,8-10H2,1-3H3. The third-order valence-electron chi connectivity index (χ3n) is 4.79. The lowest BCUT2D eigenvalue weighted by Crippen LogP contribution is -2.38. The van der Waals surface area contributed by atoms with Crippen LogP contribution in [0.25, 0.3) is 11.2 Å². The van der Waals surface area contributed by atoms with E-state index in [1.807, 2.05) is 0 Å². The number of aryl methyl sites for hydroxylation is 1. The Morgan fingerprint density at radius 3 is 2.54 bits per heavy atom. The highest BCUT2D eigenvalue weighted by Gasteiger charge is 2.27. The number of halogens is 1. The van der Waals surface area contributed by atoms with E-state index >= 15 is 0 Å². The summed E-state index contributed by atoms with van der Waals surface area (Å²) in [6, 6.07) is 6.00. The number of fused-ring (bicyclic) bond motifs is 3. The van der Waals surface area contributed by atoms with Crippen molar-refractivity contribution in [3.63, 3.8) is 0 Å². The topological polar surface area (TPSA) is 86.7 Å². The summed E-state index contributed by atoms with van der Waals surface area (Å²) in [6.45, 7) is 1.06. The van der Waals surface area contributed by atoms with Gasteiger partial charge in [-0.15, -0.1) is 0 Å². The van der Waals surface area contributed by atoms with Gasteiger partial charge in [-0.1, -0.05) is 12.1 Å². The molecule has 1 aliphatic heterocycles. The fourth-order valence-electron chi connectivity index (χ4n) is 3.27. The molecule has 28 heavy (non-hydrogen) atoms. The molecule has 0 saturated heterocycles. The number of aromatic nitrogens is 4. The van der Waals surface area contributed by atoms with Crippen molar-refractivity contribution in [1.29, 1.82) is 0 Å². The van der Waals surface area contributed by atoms with Gasteiger partial charge in [0.25, 0.3) is 5.56 Å². The zero-order valence-corrected chi connectivity index (χ0v) is 15.7. The molecule has 0 amide bonds. The zero-order valence-electron chi connectivity index (χ0n) is 15.7. The van der Waals surface area contributed by atoms with Gasteiger partial charge >= 0.3 is 5.69 Å². The van der Waals surface area contributed by atoms with Crippen molar-refractivity contribution in [2.75, 3.05) is 25.3 Å². The molecule has 3 aromatic rings. The van der Waals surface area contributed by atoms with Gasteiger partial charge in [-0.2, -0.15) is 10.1 Å². The number of nitrogens with zero attached hydrogens (tertiary/aromatic N) is 6. The van der Waals surface area contributed by atoms with Gasteiger partial charge in [-0.25, -0.2) is 14.2 Å². The van der Waals surface area contributed by atoms with Gasteiger partial charge in [0, 0.05) is 21.2 Å². The van der Waals surface area contributed by atoms with Crippen molar-refractivity contribution in [3.8, 4) is 0 Å². The molecule has 0 bridgehead atoms. The highest BCUT2D eigenvalue weighted by molar-refractivity contribution is 6.02. The SMILES string of the molecule is COCCN1N=C(c2ccc(F)cc2)Cn2c1nc1c2c(=O)n(C)c(=O)n1C. The van der Waals surface area contributed by atoms with E-state index in [1.165, 1.54) is 23.7 Å². The number of hydrazone groups is 1. The largest absolute Gasteiger partial charge is 0.383 e. The smallest absolute Gasteiger partial charge is 0.332 e. The van der Waals surface area contributed by atoms with Crippen LogP contribution in [0, 0.1) is 5.82 Å². The van der Waals surface area contributed by atoms with Crippen molar-refractivity contribution >= 4 is 22.8 Å². The lowest BCUT2D eigenvalue weighted by Gasteiger charge is -2.25. The van der Waals surface area contributed by atoms with E-state index in [4.69, 9.17) is 4.74 Å². The van der Waals surface area contributed by atoms with Gasteiger partial charge in [0.15, 0.2) is 11.2 Å². The van der Waals surface area contributed by atoms with Crippen LogP contribution >= 0.6 is 0 Å². The molecule has 0 unspecified atom stereocenters. The molecular formula is C18H19FN6O3. The number of imidazole rings is 1. The second kappa shape index (κ2) is 6.71. The van der Waals surface area contributed by atoms with Crippen molar-refractivity contribution in [2.24, 2.45) is 19.2 Å². The number of hydrogen-bond donors (Lipinski definition) is 0. The fraction of sp³-hybridized carbons (Fsp3) is 0.333. The van der Waals surface area contributed by atoms with Crippen LogP contribution in [0.4, 0.5) is 10.3 Å². The Bertz CT molecular complexity index is 1210. The van der Waals surface area contributed by atoms with Crippen molar-refractivity contribution in [3.05, 3.63) is 56.5 Å². The molecular weight excluding hydrogens is 367 g/mol. The van der Waals surface area contributed by atoms with Gasteiger partial charge in [0.2, 0.25) is 5.95 Å². The van der Waals surface area contributed by atoms with Crippen LogP contribution < -0.4 is 16.3 Å². The second-order valence-corrected chi connectivity index (χ2v) is 6.55. The highest BCUT2D eigenvalue weighted by atomic mass is 19.1. The van der Waals surface area contributed by atoms with E-state index < -0.39 is 11.2 Å². The summed E-state index contributed by atoms with van der Waals surface area (Å²) in [5.74, 6) is 0.116. The van der Waals surface area contributed by atoms with Crippen LogP contribution in [-0.4, -0.2) is 44.7 Å². The van der Waals surface area contributed by atoms with E-state index in [2.05, 4.69) is 10.1 Å². The Balaban J connectivity index is 1.94. The third kappa shape index (κ3) is 2.73. The third-order valence-corrected chi connectivity index (χ3v) is 4.79. The van der Waals surface area contributed by atoms with Gasteiger partial charge < -0.3 is 4.74 Å². The van der Waals surface area contributed by atoms with Gasteiger partial charge in [-0.05, 0) is 17.7 Å². The molecule has 10 heteroatoms. The Labute approximate surface area is 158 Å². The maximum absolute atomic E-state index is 13.3. The van der Waals surface area contributed by atoms with E-state index in [0.29, 0.717) is 36.0 Å². The Kier molecular flexibility index (Phi) is 4.34. The molecule has 0 N–H and O–H groups in total. The summed E-state index contributed by atoms with van der Waals surface area (Å²) >= 11 is 0. The van der Waals surface area contributed by atoms with Crippen molar-refractivity contribution in [2.45, 2.75) is 6.54 Å². The molecule has 146 valence electrons. The number of anilines is 1. The maximum atomic E-state index is 13.3. The first-order chi connectivity index (χ1) is 13.4. The van der Waals surface area contributed by atoms with E-state index in [1.54, 1.807) is 35.9 Å². The first-order valence-corrected chi connectivity index (χ1v) is 8.68. The number of ether oxygens (including phenoxy) is 1. The summed E-state index contributed by atoms with van der Waals surface area (Å²) in [6.07, 6.45) is 0. The van der Waals surface area contributed by atoms with E-state index in [9.17, 15) is 14.0 Å². The molecule has 1 aliphatic rings. The van der Waals surface area contributed by atoms with Crippen LogP contribution in [0.2, 0.25) is 0 Å². The predicted molar refractivity (Wildman–Crippen MR) is 102 cm³/mol. The molecule has 0 fully saturated rings. The van der Waals surface area contributed by atoms with Crippen molar-refractivity contribution < 1.29 is 9.13 Å². The van der Waals surface area contributed by atoms with Crippen LogP contribution in [-0.2, 0) is 25.4 Å². The highest BCUT2D eigenvalue weighted by Crippen LogP contribution is 2.25. The number of methoxy groups -OCH3 is 1. The second-order valence-electron chi connectivity index (χ2n) is 6.55. The lowest BCUT2D eigenvalue weighted by molar-refractivity contribution is 0.205. The van der Waals surface area contributed by atoms with Gasteiger partial charge in [0.05, 0.1) is 25.4 Å². The molecule has 0 saturated carbocycles. The summed E-state index contributed by atoms with van der Waals surface area (Å²) < 4.78 is 22.6. The van der Waals surface area contributed by atoms with Crippen LogP contribution in [0.15, 0.2) is 39.0 Å². The summed E-state index contributed by atoms with van der Waals surface area (Å²) in [5, 5.41) is 6.26. The number of hydrogen-bond acceptors (Lipinski definition) is 6. The number of benzene rings is 1. The summed E-state index contributed by atoms with van der Waals surface area (Å²) in [7, 11) is 4.59. The number of rotatable bonds is 4. The molecule has 1 aromatic carbocycles. The molecule has 0 aliphatic carbocycles. The minimum atomic E-state index is -0.448. The average Bonchev–Trinajstić information content (AvgIpc) is 3.09. The maximum Gasteiger partial charge on any atom is 0.332 e. The quantitative estimate of drug-likeness (QED) is 0.650. The monoisotopic (exact) mass is 386 g/mol. The average molecular weight is 386 g/mol. The Morgan fingerprint density at radius 2 is 1.86 bits per heavy atom. The molecule has 9 nitrogen and oxygen atoms in total. The first-order valence-electron chi connectivity index (χ1n) is 8.68. The zero-order chi connectivity index (χ0) is 20.0. The summed E-state index contributed by atoms with van der Waals surface area (Å²) in [5.41, 5.74) is 1.12. The Morgan fingerprint density at radius 1 is 1.14 bits per heavy atom. The summed E-state index contributed by atoms with van der Waals surface area (Å²) in [4.78, 5) is 29.6. The van der Waals surface area contributed by atoms with E-state index in [0.717, 1.165) is 10.1 Å². The molecule has 3 heterocycles. The lowest BCUT2D eigenvalue weighted by atomic mass is 10.1. The molecule has 0 atom stereocenters. The normalized spacial score (nSPS) is 13.7. The Hall–Kier alpha value is -3.27. The minimum Gasteiger partial charge on any atom is -0.383 e. The van der Waals surface area contributed by atoms with Crippen LogP contribution in [0.1, 0.15) is 5.56 Å². The fourth-order valence-corrected chi connectivity index (χ4v) is 3.27.